The Labute approximate surface area is 111 Å². The van der Waals surface area contributed by atoms with Crippen molar-refractivity contribution in [2.45, 2.75) is 19.4 Å². The van der Waals surface area contributed by atoms with Crippen LogP contribution in [0.15, 0.2) is 22.7 Å². The summed E-state index contributed by atoms with van der Waals surface area (Å²) in [5, 5.41) is 13.5. The van der Waals surface area contributed by atoms with E-state index in [2.05, 4.69) is 33.1 Å². The molecule has 4 heteroatoms. The maximum Gasteiger partial charge on any atom is 0.134 e. The van der Waals surface area contributed by atoms with E-state index in [4.69, 9.17) is 0 Å². The molecule has 1 heterocycles. The number of aromatic hydroxyl groups is 1. The first-order valence-electron chi connectivity index (χ1n) is 6.16. The Balaban J connectivity index is 2.24. The minimum absolute atomic E-state index is 0.314. The van der Waals surface area contributed by atoms with Gasteiger partial charge in [-0.3, -0.25) is 4.90 Å². The van der Waals surface area contributed by atoms with Crippen LogP contribution in [-0.2, 0) is 0 Å². The topological polar surface area (TPSA) is 35.5 Å². The van der Waals surface area contributed by atoms with Crippen molar-refractivity contribution < 1.29 is 5.11 Å². The highest BCUT2D eigenvalue weighted by Gasteiger charge is 2.23. The molecule has 1 fully saturated rings. The lowest BCUT2D eigenvalue weighted by molar-refractivity contribution is 0.167. The van der Waals surface area contributed by atoms with E-state index in [0.717, 1.165) is 42.6 Å². The maximum absolute atomic E-state index is 10.1. The molecule has 1 aromatic rings. The Morgan fingerprint density at radius 3 is 2.76 bits per heavy atom. The van der Waals surface area contributed by atoms with Crippen molar-refractivity contribution in [1.82, 2.24) is 10.2 Å². The molecule has 0 aromatic heterocycles. The number of nitrogens with one attached hydrogen (secondary N) is 1. The average molecular weight is 299 g/mol. The normalized spacial score (nSPS) is 19.2. The van der Waals surface area contributed by atoms with Crippen LogP contribution in [0.5, 0.6) is 5.75 Å². The van der Waals surface area contributed by atoms with E-state index in [1.54, 1.807) is 0 Å². The van der Waals surface area contributed by atoms with Crippen molar-refractivity contribution in [3.8, 4) is 5.75 Å². The maximum atomic E-state index is 10.1. The second kappa shape index (κ2) is 5.85. The van der Waals surface area contributed by atoms with Crippen molar-refractivity contribution >= 4 is 15.9 Å². The van der Waals surface area contributed by atoms with Crippen LogP contribution in [0, 0.1) is 0 Å². The molecule has 94 valence electrons. The molecule has 1 aliphatic rings. The van der Waals surface area contributed by atoms with Crippen LogP contribution in [0.25, 0.3) is 0 Å². The van der Waals surface area contributed by atoms with Gasteiger partial charge in [0.25, 0.3) is 0 Å². The summed E-state index contributed by atoms with van der Waals surface area (Å²) in [6.45, 7) is 6.33. The van der Waals surface area contributed by atoms with Gasteiger partial charge in [-0.05, 0) is 28.4 Å². The van der Waals surface area contributed by atoms with Gasteiger partial charge >= 0.3 is 0 Å². The van der Waals surface area contributed by atoms with Gasteiger partial charge in [0.05, 0.1) is 4.47 Å². The summed E-state index contributed by atoms with van der Waals surface area (Å²) in [5.74, 6) is 0.387. The van der Waals surface area contributed by atoms with E-state index in [0.29, 0.717) is 11.8 Å². The zero-order chi connectivity index (χ0) is 12.3. The van der Waals surface area contributed by atoms with Gasteiger partial charge in [-0.15, -0.1) is 0 Å². The minimum Gasteiger partial charge on any atom is -0.506 e. The molecule has 3 nitrogen and oxygen atoms in total. The SMILES string of the molecule is CC[C@@H](c1cccc(Br)c1O)N1CCNCC1. The number of hydrogen-bond donors (Lipinski definition) is 2. The van der Waals surface area contributed by atoms with E-state index in [9.17, 15) is 5.11 Å². The number of rotatable bonds is 3. The Kier molecular flexibility index (Phi) is 4.42. The fourth-order valence-electron chi connectivity index (χ4n) is 2.47. The molecule has 1 aliphatic heterocycles. The molecule has 1 saturated heterocycles. The highest BCUT2D eigenvalue weighted by atomic mass is 79.9. The molecule has 1 aromatic carbocycles. The van der Waals surface area contributed by atoms with Crippen LogP contribution in [0.2, 0.25) is 0 Å². The lowest BCUT2D eigenvalue weighted by atomic mass is 10.0. The summed E-state index contributed by atoms with van der Waals surface area (Å²) in [7, 11) is 0. The zero-order valence-electron chi connectivity index (χ0n) is 10.1. The Morgan fingerprint density at radius 1 is 1.41 bits per heavy atom. The van der Waals surface area contributed by atoms with Gasteiger partial charge < -0.3 is 10.4 Å². The molecule has 0 radical (unpaired) electrons. The van der Waals surface area contributed by atoms with Crippen molar-refractivity contribution in [2.24, 2.45) is 0 Å². The smallest absolute Gasteiger partial charge is 0.134 e. The van der Waals surface area contributed by atoms with Gasteiger partial charge in [0.15, 0.2) is 0 Å². The summed E-state index contributed by atoms with van der Waals surface area (Å²) >= 11 is 3.39. The molecule has 0 spiro atoms. The van der Waals surface area contributed by atoms with Crippen LogP contribution in [0.4, 0.5) is 0 Å². The van der Waals surface area contributed by atoms with Gasteiger partial charge in [0.1, 0.15) is 5.75 Å². The molecule has 2 rings (SSSR count). The van der Waals surface area contributed by atoms with Gasteiger partial charge in [0.2, 0.25) is 0 Å². The highest BCUT2D eigenvalue weighted by molar-refractivity contribution is 9.10. The largest absolute Gasteiger partial charge is 0.506 e. The molecular formula is C13H19BrN2O. The lowest BCUT2D eigenvalue weighted by Crippen LogP contribution is -2.45. The van der Waals surface area contributed by atoms with Gasteiger partial charge in [-0.25, -0.2) is 0 Å². The first-order valence-corrected chi connectivity index (χ1v) is 6.95. The van der Waals surface area contributed by atoms with E-state index in [1.807, 2.05) is 18.2 Å². The predicted molar refractivity (Wildman–Crippen MR) is 73.3 cm³/mol. The molecule has 0 saturated carbocycles. The number of phenols is 1. The molecular weight excluding hydrogens is 280 g/mol. The van der Waals surface area contributed by atoms with Crippen molar-refractivity contribution in [1.29, 1.82) is 0 Å². The van der Waals surface area contributed by atoms with E-state index < -0.39 is 0 Å². The fourth-order valence-corrected chi connectivity index (χ4v) is 2.85. The Hall–Kier alpha value is -0.580. The van der Waals surface area contributed by atoms with E-state index in [-0.39, 0.29) is 0 Å². The number of benzene rings is 1. The van der Waals surface area contributed by atoms with Crippen LogP contribution >= 0.6 is 15.9 Å². The fraction of sp³-hybridized carbons (Fsp3) is 0.538. The van der Waals surface area contributed by atoms with Crippen molar-refractivity contribution in [3.05, 3.63) is 28.2 Å². The predicted octanol–water partition coefficient (Wildman–Crippen LogP) is 2.51. The number of halogens is 1. The van der Waals surface area contributed by atoms with E-state index in [1.165, 1.54) is 0 Å². The lowest BCUT2D eigenvalue weighted by Gasteiger charge is -2.35. The summed E-state index contributed by atoms with van der Waals surface area (Å²) in [4.78, 5) is 2.44. The number of hydrogen-bond acceptors (Lipinski definition) is 3. The molecule has 0 amide bonds. The summed E-state index contributed by atoms with van der Waals surface area (Å²) in [6, 6.07) is 6.21. The van der Waals surface area contributed by atoms with Crippen LogP contribution < -0.4 is 5.32 Å². The molecule has 0 bridgehead atoms. The first-order chi connectivity index (χ1) is 8.24. The molecule has 17 heavy (non-hydrogen) atoms. The van der Waals surface area contributed by atoms with Crippen molar-refractivity contribution in [2.75, 3.05) is 26.2 Å². The second-order valence-electron chi connectivity index (χ2n) is 4.39. The number of para-hydroxylation sites is 1. The average Bonchev–Trinajstić information content (AvgIpc) is 2.37. The highest BCUT2D eigenvalue weighted by Crippen LogP contribution is 2.35. The van der Waals surface area contributed by atoms with E-state index >= 15 is 0 Å². The standard InChI is InChI=1S/C13H19BrN2O/c1-2-12(16-8-6-15-7-9-16)10-4-3-5-11(14)13(10)17/h3-5,12,15,17H,2,6-9H2,1H3/t12-/m0/s1. The summed E-state index contributed by atoms with van der Waals surface area (Å²) in [5.41, 5.74) is 1.03. The zero-order valence-corrected chi connectivity index (χ0v) is 11.7. The third kappa shape index (κ3) is 2.81. The number of piperazine rings is 1. The van der Waals surface area contributed by atoms with Crippen LogP contribution in [0.3, 0.4) is 0 Å². The number of phenolic OH excluding ortho intramolecular Hbond substituents is 1. The van der Waals surface area contributed by atoms with Gasteiger partial charge in [-0.1, -0.05) is 19.1 Å². The van der Waals surface area contributed by atoms with Crippen molar-refractivity contribution in [3.63, 3.8) is 0 Å². The molecule has 1 atom stereocenters. The minimum atomic E-state index is 0.314. The summed E-state index contributed by atoms with van der Waals surface area (Å²) in [6.07, 6.45) is 1.02. The van der Waals surface area contributed by atoms with Crippen LogP contribution in [-0.4, -0.2) is 36.2 Å². The number of nitrogens with zero attached hydrogens (tertiary/aromatic N) is 1. The molecule has 2 N–H and O–H groups in total. The van der Waals surface area contributed by atoms with Gasteiger partial charge in [0, 0.05) is 37.8 Å². The quantitative estimate of drug-likeness (QED) is 0.900. The molecule has 0 aliphatic carbocycles. The monoisotopic (exact) mass is 298 g/mol. The first kappa shape index (κ1) is 12.9. The van der Waals surface area contributed by atoms with Gasteiger partial charge in [-0.2, -0.15) is 0 Å². The Morgan fingerprint density at radius 2 is 2.12 bits per heavy atom. The Bertz CT molecular complexity index is 378. The third-order valence-corrected chi connectivity index (χ3v) is 4.00. The third-order valence-electron chi connectivity index (χ3n) is 3.36. The van der Waals surface area contributed by atoms with Crippen LogP contribution in [0.1, 0.15) is 24.9 Å². The summed E-state index contributed by atoms with van der Waals surface area (Å²) < 4.78 is 0.781. The second-order valence-corrected chi connectivity index (χ2v) is 5.24. The molecule has 0 unspecified atom stereocenters.